The molecule has 1 aromatic carbocycles. The Labute approximate surface area is 124 Å². The first-order chi connectivity index (χ1) is 9.10. The van der Waals surface area contributed by atoms with Crippen molar-refractivity contribution in [2.45, 2.75) is 58.1 Å². The molecule has 2 unspecified atom stereocenters. The lowest BCUT2D eigenvalue weighted by molar-refractivity contribution is 0.120. The van der Waals surface area contributed by atoms with Crippen molar-refractivity contribution in [1.29, 1.82) is 0 Å². The van der Waals surface area contributed by atoms with Crippen LogP contribution in [0.1, 0.15) is 57.6 Å². The van der Waals surface area contributed by atoms with Crippen LogP contribution in [0.3, 0.4) is 0 Å². The summed E-state index contributed by atoms with van der Waals surface area (Å²) in [5.74, 6) is 1.79. The summed E-state index contributed by atoms with van der Waals surface area (Å²) in [5, 5.41) is 0. The predicted octanol–water partition coefficient (Wildman–Crippen LogP) is 4.82. The zero-order valence-electron chi connectivity index (χ0n) is 11.9. The quantitative estimate of drug-likeness (QED) is 0.861. The second kappa shape index (κ2) is 6.76. The molecular weight excluding hydrogens is 302 g/mol. The number of benzene rings is 1. The van der Waals surface area contributed by atoms with E-state index in [1.54, 1.807) is 0 Å². The van der Waals surface area contributed by atoms with Gasteiger partial charge in [0.25, 0.3) is 0 Å². The molecule has 3 heteroatoms. The average Bonchev–Trinajstić information content (AvgIpc) is 2.41. The van der Waals surface area contributed by atoms with Gasteiger partial charge in [0.15, 0.2) is 0 Å². The molecule has 0 aliphatic heterocycles. The average molecular weight is 326 g/mol. The van der Waals surface area contributed by atoms with Crippen molar-refractivity contribution in [3.05, 3.63) is 28.2 Å². The molecule has 1 aliphatic rings. The van der Waals surface area contributed by atoms with Crippen LogP contribution >= 0.6 is 15.9 Å². The van der Waals surface area contributed by atoms with Gasteiger partial charge in [0.05, 0.1) is 6.10 Å². The molecule has 2 nitrogen and oxygen atoms in total. The fraction of sp³-hybridized carbons (Fsp3) is 0.625. The molecule has 2 N–H and O–H groups in total. The maximum atomic E-state index is 6.23. The van der Waals surface area contributed by atoms with Crippen molar-refractivity contribution in [3.8, 4) is 5.75 Å². The van der Waals surface area contributed by atoms with Gasteiger partial charge in [-0.1, -0.05) is 35.7 Å². The summed E-state index contributed by atoms with van der Waals surface area (Å²) >= 11 is 3.50. The molecule has 19 heavy (non-hydrogen) atoms. The Morgan fingerprint density at radius 2 is 2.21 bits per heavy atom. The van der Waals surface area contributed by atoms with E-state index in [2.05, 4.69) is 28.9 Å². The monoisotopic (exact) mass is 325 g/mol. The highest BCUT2D eigenvalue weighted by molar-refractivity contribution is 9.10. The fourth-order valence-electron chi connectivity index (χ4n) is 2.88. The van der Waals surface area contributed by atoms with Crippen molar-refractivity contribution in [2.75, 3.05) is 0 Å². The SMILES string of the molecule is CCC1CCCC(Oc2ccc(Br)cc2[C@H](C)N)C1. The Hall–Kier alpha value is -0.540. The van der Waals surface area contributed by atoms with Gasteiger partial charge in [0.1, 0.15) is 5.75 Å². The van der Waals surface area contributed by atoms with E-state index in [9.17, 15) is 0 Å². The molecule has 0 spiro atoms. The van der Waals surface area contributed by atoms with Gasteiger partial charge in [0, 0.05) is 16.1 Å². The van der Waals surface area contributed by atoms with Crippen molar-refractivity contribution < 1.29 is 4.74 Å². The molecule has 1 aliphatic carbocycles. The third kappa shape index (κ3) is 3.96. The van der Waals surface area contributed by atoms with E-state index in [1.807, 2.05) is 19.1 Å². The molecule has 1 fully saturated rings. The Bertz CT molecular complexity index is 419. The van der Waals surface area contributed by atoms with Crippen LogP contribution in [-0.4, -0.2) is 6.10 Å². The van der Waals surface area contributed by atoms with E-state index in [0.29, 0.717) is 6.10 Å². The summed E-state index contributed by atoms with van der Waals surface area (Å²) in [6.45, 7) is 4.28. The Kier molecular flexibility index (Phi) is 5.28. The number of halogens is 1. The molecule has 0 bridgehead atoms. The van der Waals surface area contributed by atoms with Gasteiger partial charge in [-0.3, -0.25) is 0 Å². The highest BCUT2D eigenvalue weighted by Crippen LogP contribution is 2.33. The van der Waals surface area contributed by atoms with Gasteiger partial charge in [0.2, 0.25) is 0 Å². The normalized spacial score (nSPS) is 25.1. The second-order valence-corrected chi connectivity index (χ2v) is 6.57. The second-order valence-electron chi connectivity index (χ2n) is 5.65. The van der Waals surface area contributed by atoms with E-state index in [1.165, 1.54) is 32.1 Å². The highest BCUT2D eigenvalue weighted by Gasteiger charge is 2.23. The summed E-state index contributed by atoms with van der Waals surface area (Å²) in [5.41, 5.74) is 7.13. The lowest BCUT2D eigenvalue weighted by Gasteiger charge is -2.30. The van der Waals surface area contributed by atoms with Gasteiger partial charge < -0.3 is 10.5 Å². The van der Waals surface area contributed by atoms with E-state index in [-0.39, 0.29) is 6.04 Å². The van der Waals surface area contributed by atoms with Crippen molar-refractivity contribution in [3.63, 3.8) is 0 Å². The smallest absolute Gasteiger partial charge is 0.124 e. The first-order valence-electron chi connectivity index (χ1n) is 7.31. The van der Waals surface area contributed by atoms with E-state index in [0.717, 1.165) is 21.7 Å². The fourth-order valence-corrected chi connectivity index (χ4v) is 3.26. The van der Waals surface area contributed by atoms with Gasteiger partial charge in [-0.25, -0.2) is 0 Å². The van der Waals surface area contributed by atoms with Gasteiger partial charge in [-0.15, -0.1) is 0 Å². The molecule has 0 aromatic heterocycles. The highest BCUT2D eigenvalue weighted by atomic mass is 79.9. The minimum absolute atomic E-state index is 0.00179. The van der Waals surface area contributed by atoms with Crippen LogP contribution in [0, 0.1) is 5.92 Å². The molecule has 2 rings (SSSR count). The van der Waals surface area contributed by atoms with Crippen LogP contribution in [0.4, 0.5) is 0 Å². The van der Waals surface area contributed by atoms with E-state index >= 15 is 0 Å². The molecule has 1 saturated carbocycles. The van der Waals surface area contributed by atoms with E-state index in [4.69, 9.17) is 10.5 Å². The van der Waals surface area contributed by atoms with E-state index < -0.39 is 0 Å². The Morgan fingerprint density at radius 3 is 2.89 bits per heavy atom. The minimum atomic E-state index is -0.00179. The number of hydrogen-bond acceptors (Lipinski definition) is 2. The number of hydrogen-bond donors (Lipinski definition) is 1. The number of rotatable bonds is 4. The maximum absolute atomic E-state index is 6.23. The first-order valence-corrected chi connectivity index (χ1v) is 8.11. The van der Waals surface area contributed by atoms with Crippen molar-refractivity contribution in [2.24, 2.45) is 11.7 Å². The van der Waals surface area contributed by atoms with Crippen LogP contribution in [0.25, 0.3) is 0 Å². The topological polar surface area (TPSA) is 35.2 Å². The van der Waals surface area contributed by atoms with Gasteiger partial charge in [-0.05, 0) is 50.3 Å². The summed E-state index contributed by atoms with van der Waals surface area (Å²) in [6, 6.07) is 6.14. The summed E-state index contributed by atoms with van der Waals surface area (Å²) in [6.07, 6.45) is 6.62. The van der Waals surface area contributed by atoms with Crippen molar-refractivity contribution >= 4 is 15.9 Å². The zero-order valence-corrected chi connectivity index (χ0v) is 13.4. The molecule has 0 saturated heterocycles. The van der Waals surface area contributed by atoms with Crippen LogP contribution in [0.2, 0.25) is 0 Å². The summed E-state index contributed by atoms with van der Waals surface area (Å²) in [4.78, 5) is 0. The van der Waals surface area contributed by atoms with Crippen LogP contribution in [-0.2, 0) is 0 Å². The van der Waals surface area contributed by atoms with Crippen LogP contribution in [0.5, 0.6) is 5.75 Å². The standard InChI is InChI=1S/C16H24BrNO/c1-3-12-5-4-6-14(9-12)19-16-8-7-13(17)10-15(16)11(2)18/h7-8,10-12,14H,3-6,9,18H2,1-2H3/t11-,12?,14?/m0/s1. The van der Waals surface area contributed by atoms with Gasteiger partial charge in [-0.2, -0.15) is 0 Å². The Balaban J connectivity index is 2.10. The molecule has 0 amide bonds. The molecule has 1 aromatic rings. The van der Waals surface area contributed by atoms with Crippen LogP contribution in [0.15, 0.2) is 22.7 Å². The molecular formula is C16H24BrNO. The zero-order chi connectivity index (χ0) is 13.8. The summed E-state index contributed by atoms with van der Waals surface area (Å²) < 4.78 is 7.29. The molecule has 0 heterocycles. The Morgan fingerprint density at radius 1 is 1.42 bits per heavy atom. The number of nitrogens with two attached hydrogens (primary N) is 1. The largest absolute Gasteiger partial charge is 0.490 e. The van der Waals surface area contributed by atoms with Gasteiger partial charge >= 0.3 is 0 Å². The third-order valence-electron chi connectivity index (χ3n) is 4.07. The minimum Gasteiger partial charge on any atom is -0.490 e. The predicted molar refractivity (Wildman–Crippen MR) is 83.4 cm³/mol. The molecule has 3 atom stereocenters. The van der Waals surface area contributed by atoms with Crippen molar-refractivity contribution in [1.82, 2.24) is 0 Å². The van der Waals surface area contributed by atoms with Crippen LogP contribution < -0.4 is 10.5 Å². The number of ether oxygens (including phenoxy) is 1. The third-order valence-corrected chi connectivity index (χ3v) is 4.56. The maximum Gasteiger partial charge on any atom is 0.124 e. The lowest BCUT2D eigenvalue weighted by Crippen LogP contribution is -2.26. The first kappa shape index (κ1) is 14.9. The molecule has 0 radical (unpaired) electrons. The molecule has 106 valence electrons. The summed E-state index contributed by atoms with van der Waals surface area (Å²) in [7, 11) is 0. The lowest BCUT2D eigenvalue weighted by atomic mass is 9.85.